The molecular weight excluding hydrogens is 333 g/mol. The number of anilines is 1. The van der Waals surface area contributed by atoms with Crippen molar-refractivity contribution in [1.82, 2.24) is 0 Å². The maximum absolute atomic E-state index is 12.9. The molecule has 2 nitrogen and oxygen atoms in total. The third-order valence-electron chi connectivity index (χ3n) is 3.92. The maximum Gasteiger partial charge on any atom is 0.416 e. The second kappa shape index (κ2) is 6.78. The minimum Gasteiger partial charge on any atom is -0.371 e. The summed E-state index contributed by atoms with van der Waals surface area (Å²) in [6.45, 7) is 1.82. The lowest BCUT2D eigenvalue weighted by Gasteiger charge is -2.21. The molecule has 6 heteroatoms. The second-order valence-corrected chi connectivity index (χ2v) is 6.73. The Labute approximate surface area is 142 Å². The predicted molar refractivity (Wildman–Crippen MR) is 88.2 cm³/mol. The van der Waals surface area contributed by atoms with Crippen LogP contribution in [-0.2, 0) is 6.18 Å². The summed E-state index contributed by atoms with van der Waals surface area (Å²) in [4.78, 5) is 3.60. The van der Waals surface area contributed by atoms with Gasteiger partial charge in [0.1, 0.15) is 0 Å². The summed E-state index contributed by atoms with van der Waals surface area (Å²) in [6, 6.07) is 12.8. The van der Waals surface area contributed by atoms with E-state index in [4.69, 9.17) is 5.26 Å². The number of rotatable bonds is 3. The van der Waals surface area contributed by atoms with Crippen LogP contribution in [0.3, 0.4) is 0 Å². The van der Waals surface area contributed by atoms with Crippen molar-refractivity contribution in [3.63, 3.8) is 0 Å². The van der Waals surface area contributed by atoms with Crippen molar-refractivity contribution in [3.05, 3.63) is 53.6 Å². The number of hydrogen-bond donors (Lipinski definition) is 0. The Kier molecular flexibility index (Phi) is 4.72. The van der Waals surface area contributed by atoms with Crippen molar-refractivity contribution in [2.45, 2.75) is 28.8 Å². The van der Waals surface area contributed by atoms with Crippen molar-refractivity contribution < 1.29 is 13.2 Å². The molecule has 1 saturated heterocycles. The lowest BCUT2D eigenvalue weighted by molar-refractivity contribution is -0.137. The molecular formula is C18H15F3N2S. The van der Waals surface area contributed by atoms with Crippen LogP contribution in [0.1, 0.15) is 24.0 Å². The van der Waals surface area contributed by atoms with Crippen LogP contribution in [0.4, 0.5) is 18.9 Å². The predicted octanol–water partition coefficient (Wildman–Crippen LogP) is 5.33. The molecule has 124 valence electrons. The van der Waals surface area contributed by atoms with Crippen LogP contribution in [0.15, 0.2) is 52.3 Å². The van der Waals surface area contributed by atoms with E-state index in [1.54, 1.807) is 12.1 Å². The van der Waals surface area contributed by atoms with Gasteiger partial charge in [0.05, 0.1) is 22.9 Å². The molecule has 0 unspecified atom stereocenters. The van der Waals surface area contributed by atoms with E-state index in [1.165, 1.54) is 17.8 Å². The van der Waals surface area contributed by atoms with E-state index in [1.807, 2.05) is 12.1 Å². The largest absolute Gasteiger partial charge is 0.416 e. The van der Waals surface area contributed by atoms with Crippen molar-refractivity contribution >= 4 is 17.4 Å². The van der Waals surface area contributed by atoms with Crippen molar-refractivity contribution in [1.29, 1.82) is 5.26 Å². The molecule has 0 aromatic heterocycles. The number of nitriles is 1. The van der Waals surface area contributed by atoms with Crippen LogP contribution >= 0.6 is 11.8 Å². The summed E-state index contributed by atoms with van der Waals surface area (Å²) in [5.41, 5.74) is 0.836. The Hall–Kier alpha value is -2.13. The van der Waals surface area contributed by atoms with Gasteiger partial charge in [-0.05, 0) is 49.2 Å². The first-order valence-electron chi connectivity index (χ1n) is 7.61. The molecule has 1 aliphatic rings. The summed E-state index contributed by atoms with van der Waals surface area (Å²) in [6.07, 6.45) is -2.17. The van der Waals surface area contributed by atoms with Gasteiger partial charge in [0, 0.05) is 22.9 Å². The summed E-state index contributed by atoms with van der Waals surface area (Å²) in [7, 11) is 0. The van der Waals surface area contributed by atoms with E-state index in [0.717, 1.165) is 48.6 Å². The molecule has 0 N–H and O–H groups in total. The van der Waals surface area contributed by atoms with Gasteiger partial charge in [-0.25, -0.2) is 0 Å². The zero-order valence-corrected chi connectivity index (χ0v) is 13.6. The molecule has 0 aliphatic carbocycles. The van der Waals surface area contributed by atoms with E-state index in [2.05, 4.69) is 11.0 Å². The average molecular weight is 348 g/mol. The molecule has 1 heterocycles. The fraction of sp³-hybridized carbons (Fsp3) is 0.278. The fourth-order valence-electron chi connectivity index (χ4n) is 2.74. The lowest BCUT2D eigenvalue weighted by Crippen LogP contribution is -2.18. The first-order valence-corrected chi connectivity index (χ1v) is 8.43. The van der Waals surface area contributed by atoms with Gasteiger partial charge < -0.3 is 4.90 Å². The zero-order valence-electron chi connectivity index (χ0n) is 12.8. The van der Waals surface area contributed by atoms with Crippen molar-refractivity contribution in [3.8, 4) is 6.07 Å². The Morgan fingerprint density at radius 3 is 2.46 bits per heavy atom. The minimum absolute atomic E-state index is 0.537. The molecule has 2 aromatic rings. The number of halogens is 3. The highest BCUT2D eigenvalue weighted by molar-refractivity contribution is 7.99. The van der Waals surface area contributed by atoms with Crippen LogP contribution in [0, 0.1) is 11.3 Å². The Bertz CT molecular complexity index is 775. The number of nitrogens with zero attached hydrogens (tertiary/aromatic N) is 2. The van der Waals surface area contributed by atoms with Crippen LogP contribution in [0.5, 0.6) is 0 Å². The van der Waals surface area contributed by atoms with E-state index < -0.39 is 11.7 Å². The van der Waals surface area contributed by atoms with Gasteiger partial charge in [0.2, 0.25) is 0 Å². The Balaban J connectivity index is 1.94. The number of hydrogen-bond acceptors (Lipinski definition) is 3. The van der Waals surface area contributed by atoms with Crippen molar-refractivity contribution in [2.75, 3.05) is 18.0 Å². The molecule has 0 atom stereocenters. The molecule has 3 rings (SSSR count). The summed E-state index contributed by atoms with van der Waals surface area (Å²) < 4.78 is 38.6. The third-order valence-corrected chi connectivity index (χ3v) is 4.98. The first-order chi connectivity index (χ1) is 11.5. The Morgan fingerprint density at radius 1 is 1.04 bits per heavy atom. The Morgan fingerprint density at radius 2 is 1.79 bits per heavy atom. The monoisotopic (exact) mass is 348 g/mol. The zero-order chi connectivity index (χ0) is 17.2. The molecule has 0 spiro atoms. The average Bonchev–Trinajstić information content (AvgIpc) is 3.09. The molecule has 0 radical (unpaired) electrons. The minimum atomic E-state index is -4.35. The van der Waals surface area contributed by atoms with Gasteiger partial charge in [0.15, 0.2) is 0 Å². The molecule has 0 saturated carbocycles. The second-order valence-electron chi connectivity index (χ2n) is 5.62. The molecule has 1 aliphatic heterocycles. The van der Waals surface area contributed by atoms with Crippen LogP contribution in [-0.4, -0.2) is 13.1 Å². The summed E-state index contributed by atoms with van der Waals surface area (Å²) >= 11 is 1.30. The third kappa shape index (κ3) is 3.68. The molecule has 2 aromatic carbocycles. The maximum atomic E-state index is 12.9. The van der Waals surface area contributed by atoms with Gasteiger partial charge in [-0.1, -0.05) is 17.8 Å². The molecule has 0 amide bonds. The smallest absolute Gasteiger partial charge is 0.371 e. The van der Waals surface area contributed by atoms with Crippen LogP contribution < -0.4 is 4.90 Å². The van der Waals surface area contributed by atoms with E-state index in [0.29, 0.717) is 10.5 Å². The normalized spacial score (nSPS) is 14.7. The number of alkyl halides is 3. The summed E-state index contributed by atoms with van der Waals surface area (Å²) in [5, 5.41) is 9.11. The molecule has 24 heavy (non-hydrogen) atoms. The fourth-order valence-corrected chi connectivity index (χ4v) is 3.76. The first kappa shape index (κ1) is 16.7. The SMILES string of the molecule is N#Cc1ccc(Sc2cccc(C(F)(F)F)c2)c(N2CCCC2)c1. The van der Waals surface area contributed by atoms with Gasteiger partial charge in [0.25, 0.3) is 0 Å². The van der Waals surface area contributed by atoms with E-state index in [-0.39, 0.29) is 0 Å². The van der Waals surface area contributed by atoms with Gasteiger partial charge in [-0.15, -0.1) is 0 Å². The highest BCUT2D eigenvalue weighted by Crippen LogP contribution is 2.39. The standard InChI is InChI=1S/C18H15F3N2S/c19-18(20,21)14-4-3-5-15(11-14)24-17-7-6-13(12-22)10-16(17)23-8-1-2-9-23/h3-7,10-11H,1-2,8-9H2. The topological polar surface area (TPSA) is 27.0 Å². The van der Waals surface area contributed by atoms with Crippen molar-refractivity contribution in [2.24, 2.45) is 0 Å². The molecule has 1 fully saturated rings. The van der Waals surface area contributed by atoms with E-state index in [9.17, 15) is 13.2 Å². The van der Waals surface area contributed by atoms with Gasteiger partial charge in [-0.3, -0.25) is 0 Å². The van der Waals surface area contributed by atoms with Crippen LogP contribution in [0.2, 0.25) is 0 Å². The highest BCUT2D eigenvalue weighted by Gasteiger charge is 2.30. The van der Waals surface area contributed by atoms with Crippen LogP contribution in [0.25, 0.3) is 0 Å². The lowest BCUT2D eigenvalue weighted by atomic mass is 10.2. The van der Waals surface area contributed by atoms with Gasteiger partial charge >= 0.3 is 6.18 Å². The summed E-state index contributed by atoms with van der Waals surface area (Å²) in [5.74, 6) is 0. The number of benzene rings is 2. The highest BCUT2D eigenvalue weighted by atomic mass is 32.2. The van der Waals surface area contributed by atoms with Gasteiger partial charge in [-0.2, -0.15) is 18.4 Å². The molecule has 0 bridgehead atoms. The van der Waals surface area contributed by atoms with E-state index >= 15 is 0 Å². The quantitative estimate of drug-likeness (QED) is 0.750.